The highest BCUT2D eigenvalue weighted by Gasteiger charge is 2.01. The van der Waals surface area contributed by atoms with E-state index in [1.165, 1.54) is 0 Å². The first kappa shape index (κ1) is 12.8. The number of methoxy groups -OCH3 is 2. The van der Waals surface area contributed by atoms with E-state index in [4.69, 9.17) is 14.2 Å². The molecule has 3 nitrogen and oxygen atoms in total. The van der Waals surface area contributed by atoms with Gasteiger partial charge in [0.1, 0.15) is 23.9 Å². The molecule has 1 rings (SSSR count). The van der Waals surface area contributed by atoms with Crippen LogP contribution < -0.4 is 14.2 Å². The number of hydrogen-bond acceptors (Lipinski definition) is 4. The van der Waals surface area contributed by atoms with E-state index >= 15 is 0 Å². The zero-order valence-corrected chi connectivity index (χ0v) is 10.4. The Kier molecular flexibility index (Phi) is 5.64. The van der Waals surface area contributed by atoms with E-state index in [1.54, 1.807) is 20.3 Å². The summed E-state index contributed by atoms with van der Waals surface area (Å²) in [6.07, 6.45) is 3.85. The van der Waals surface area contributed by atoms with Crippen molar-refractivity contribution in [3.8, 4) is 17.2 Å². The maximum absolute atomic E-state index is 5.51. The molecule has 0 N–H and O–H groups in total. The number of thiol groups is 1. The van der Waals surface area contributed by atoms with Crippen molar-refractivity contribution in [3.05, 3.63) is 30.4 Å². The fourth-order valence-electron chi connectivity index (χ4n) is 1.15. The third-order valence-electron chi connectivity index (χ3n) is 1.94. The molecule has 0 aliphatic rings. The van der Waals surface area contributed by atoms with Crippen molar-refractivity contribution in [2.75, 3.05) is 26.6 Å². The summed E-state index contributed by atoms with van der Waals surface area (Å²) in [5, 5.41) is 0. The van der Waals surface area contributed by atoms with Gasteiger partial charge in [0.15, 0.2) is 0 Å². The Balaban J connectivity index is 2.67. The second kappa shape index (κ2) is 7.06. The van der Waals surface area contributed by atoms with Gasteiger partial charge in [-0.3, -0.25) is 0 Å². The highest BCUT2D eigenvalue weighted by molar-refractivity contribution is 7.80. The van der Waals surface area contributed by atoms with Crippen molar-refractivity contribution in [2.45, 2.75) is 0 Å². The molecule has 4 heteroatoms. The van der Waals surface area contributed by atoms with Crippen LogP contribution in [0.4, 0.5) is 0 Å². The van der Waals surface area contributed by atoms with Crippen LogP contribution in [-0.2, 0) is 0 Å². The van der Waals surface area contributed by atoms with Gasteiger partial charge in [0.25, 0.3) is 0 Å². The Morgan fingerprint density at radius 2 is 1.56 bits per heavy atom. The summed E-state index contributed by atoms with van der Waals surface area (Å²) in [7, 11) is 3.22. The predicted molar refractivity (Wildman–Crippen MR) is 68.0 cm³/mol. The molecule has 16 heavy (non-hydrogen) atoms. The van der Waals surface area contributed by atoms with E-state index in [1.807, 2.05) is 24.3 Å². The first-order chi connectivity index (χ1) is 7.80. The summed E-state index contributed by atoms with van der Waals surface area (Å²) in [4.78, 5) is 0. The largest absolute Gasteiger partial charge is 0.496 e. The molecule has 0 unspecified atom stereocenters. The average molecular weight is 240 g/mol. The van der Waals surface area contributed by atoms with Gasteiger partial charge in [-0.1, -0.05) is 12.2 Å². The van der Waals surface area contributed by atoms with Crippen LogP contribution in [0.3, 0.4) is 0 Å². The maximum Gasteiger partial charge on any atom is 0.127 e. The van der Waals surface area contributed by atoms with Gasteiger partial charge in [0, 0.05) is 24.0 Å². The Morgan fingerprint density at radius 3 is 2.06 bits per heavy atom. The van der Waals surface area contributed by atoms with Gasteiger partial charge in [-0.15, -0.1) is 0 Å². The molecule has 0 fully saturated rings. The van der Waals surface area contributed by atoms with E-state index in [9.17, 15) is 0 Å². The minimum absolute atomic E-state index is 0.511. The molecule has 0 aliphatic heterocycles. The standard InChI is InChI=1S/C12H16O3S/c1-13-10-7-11(14-2)9-12(8-10)15-5-3-4-6-16/h3-4,7-9,16H,5-6H2,1-2H3. The molecule has 0 amide bonds. The first-order valence-corrected chi connectivity index (χ1v) is 5.55. The second-order valence-corrected chi connectivity index (χ2v) is 3.38. The van der Waals surface area contributed by atoms with Crippen molar-refractivity contribution in [1.82, 2.24) is 0 Å². The van der Waals surface area contributed by atoms with Crippen LogP contribution in [0, 0.1) is 0 Å². The molecule has 0 spiro atoms. The summed E-state index contributed by atoms with van der Waals surface area (Å²) in [6.45, 7) is 0.511. The third-order valence-corrected chi connectivity index (χ3v) is 2.15. The van der Waals surface area contributed by atoms with Crippen LogP contribution in [-0.4, -0.2) is 26.6 Å². The summed E-state index contributed by atoms with van der Waals surface area (Å²) in [6, 6.07) is 5.44. The lowest BCUT2D eigenvalue weighted by atomic mass is 10.3. The zero-order valence-electron chi connectivity index (χ0n) is 9.47. The molecular weight excluding hydrogens is 224 g/mol. The van der Waals surface area contributed by atoms with E-state index in [2.05, 4.69) is 12.6 Å². The lowest BCUT2D eigenvalue weighted by Gasteiger charge is -2.08. The predicted octanol–water partition coefficient (Wildman–Crippen LogP) is 2.57. The molecule has 0 saturated carbocycles. The fraction of sp³-hybridized carbons (Fsp3) is 0.333. The van der Waals surface area contributed by atoms with Gasteiger partial charge in [0.05, 0.1) is 14.2 Å². The fourth-order valence-corrected chi connectivity index (χ4v) is 1.30. The SMILES string of the molecule is COc1cc(OC)cc(OCC=CCS)c1. The Hall–Kier alpha value is -1.29. The number of rotatable bonds is 6. The molecule has 0 heterocycles. The lowest BCUT2D eigenvalue weighted by Crippen LogP contribution is -1.95. The van der Waals surface area contributed by atoms with Crippen molar-refractivity contribution >= 4 is 12.6 Å². The van der Waals surface area contributed by atoms with Crippen LogP contribution in [0.15, 0.2) is 30.4 Å². The molecule has 0 bridgehead atoms. The minimum atomic E-state index is 0.511. The Morgan fingerprint density at radius 1 is 1.00 bits per heavy atom. The van der Waals surface area contributed by atoms with E-state index in [0.717, 1.165) is 5.75 Å². The van der Waals surface area contributed by atoms with Crippen LogP contribution in [0.1, 0.15) is 0 Å². The van der Waals surface area contributed by atoms with Gasteiger partial charge < -0.3 is 14.2 Å². The second-order valence-electron chi connectivity index (χ2n) is 3.01. The van der Waals surface area contributed by atoms with Crippen LogP contribution in [0.5, 0.6) is 17.2 Å². The Bertz CT molecular complexity index is 328. The van der Waals surface area contributed by atoms with Crippen molar-refractivity contribution in [2.24, 2.45) is 0 Å². The van der Waals surface area contributed by atoms with Crippen molar-refractivity contribution in [3.63, 3.8) is 0 Å². The van der Waals surface area contributed by atoms with Crippen LogP contribution in [0.25, 0.3) is 0 Å². The Labute approximate surface area is 101 Å². The molecule has 1 aromatic rings. The molecule has 0 atom stereocenters. The highest BCUT2D eigenvalue weighted by atomic mass is 32.1. The topological polar surface area (TPSA) is 27.7 Å². The maximum atomic E-state index is 5.51. The van der Waals surface area contributed by atoms with Crippen LogP contribution >= 0.6 is 12.6 Å². The third kappa shape index (κ3) is 4.06. The van der Waals surface area contributed by atoms with Gasteiger partial charge in [0.2, 0.25) is 0 Å². The first-order valence-electron chi connectivity index (χ1n) is 4.92. The molecule has 0 aliphatic carbocycles. The number of ether oxygens (including phenoxy) is 3. The normalized spacial score (nSPS) is 10.4. The highest BCUT2D eigenvalue weighted by Crippen LogP contribution is 2.27. The smallest absolute Gasteiger partial charge is 0.127 e. The number of benzene rings is 1. The van der Waals surface area contributed by atoms with E-state index < -0.39 is 0 Å². The quantitative estimate of drug-likeness (QED) is 0.612. The zero-order chi connectivity index (χ0) is 11.8. The summed E-state index contributed by atoms with van der Waals surface area (Å²) in [5.74, 6) is 2.87. The molecular formula is C12H16O3S. The number of hydrogen-bond donors (Lipinski definition) is 1. The molecule has 1 aromatic carbocycles. The van der Waals surface area contributed by atoms with Crippen molar-refractivity contribution < 1.29 is 14.2 Å². The van der Waals surface area contributed by atoms with Crippen LogP contribution in [0.2, 0.25) is 0 Å². The van der Waals surface area contributed by atoms with E-state index in [-0.39, 0.29) is 0 Å². The molecule has 0 radical (unpaired) electrons. The summed E-state index contributed by atoms with van der Waals surface area (Å²) in [5.41, 5.74) is 0. The molecule has 0 aromatic heterocycles. The summed E-state index contributed by atoms with van der Waals surface area (Å²) >= 11 is 4.06. The van der Waals surface area contributed by atoms with Gasteiger partial charge in [-0.05, 0) is 0 Å². The lowest BCUT2D eigenvalue weighted by molar-refractivity contribution is 0.348. The molecule has 0 saturated heterocycles. The van der Waals surface area contributed by atoms with E-state index in [0.29, 0.717) is 23.9 Å². The van der Waals surface area contributed by atoms with Crippen molar-refractivity contribution in [1.29, 1.82) is 0 Å². The average Bonchev–Trinajstić information content (AvgIpc) is 2.34. The summed E-state index contributed by atoms with van der Waals surface area (Å²) < 4.78 is 15.8. The monoisotopic (exact) mass is 240 g/mol. The minimum Gasteiger partial charge on any atom is -0.496 e. The van der Waals surface area contributed by atoms with Gasteiger partial charge >= 0.3 is 0 Å². The van der Waals surface area contributed by atoms with Gasteiger partial charge in [-0.25, -0.2) is 0 Å². The molecule has 88 valence electrons. The van der Waals surface area contributed by atoms with Gasteiger partial charge in [-0.2, -0.15) is 12.6 Å².